The van der Waals surface area contributed by atoms with Gasteiger partial charge in [0, 0.05) is 35.7 Å². The van der Waals surface area contributed by atoms with E-state index >= 15 is 0 Å². The maximum atomic E-state index is 11.0. The van der Waals surface area contributed by atoms with Gasteiger partial charge in [0.25, 0.3) is 0 Å². The Morgan fingerprint density at radius 2 is 1.00 bits per heavy atom. The molecule has 0 aliphatic heterocycles. The second-order valence-electron chi connectivity index (χ2n) is 7.97. The Morgan fingerprint density at radius 3 is 1.35 bits per heavy atom. The van der Waals surface area contributed by atoms with Gasteiger partial charge in [-0.25, -0.2) is 0 Å². The van der Waals surface area contributed by atoms with Gasteiger partial charge in [0.1, 0.15) is 0 Å². The van der Waals surface area contributed by atoms with Crippen molar-refractivity contribution in [2.45, 2.75) is 6.42 Å². The largest absolute Gasteiger partial charge is 0.502 e. The van der Waals surface area contributed by atoms with Crippen molar-refractivity contribution < 1.29 is 20.1 Å². The molecule has 4 aromatic rings. The van der Waals surface area contributed by atoms with Crippen LogP contribution in [0, 0.1) is 20.2 Å². The van der Waals surface area contributed by atoms with Crippen LogP contribution in [0.25, 0.3) is 0 Å². The quantitative estimate of drug-likeness (QED) is 0.173. The molecule has 0 unspecified atom stereocenters. The van der Waals surface area contributed by atoms with Crippen LogP contribution in [0.15, 0.2) is 94.9 Å². The molecule has 0 aliphatic carbocycles. The van der Waals surface area contributed by atoms with E-state index in [0.717, 1.165) is 11.1 Å². The summed E-state index contributed by atoms with van der Waals surface area (Å²) in [5.41, 5.74) is 3.08. The van der Waals surface area contributed by atoms with Crippen LogP contribution in [0.3, 0.4) is 0 Å². The van der Waals surface area contributed by atoms with Crippen LogP contribution in [0.1, 0.15) is 22.3 Å². The molecule has 0 atom stereocenters. The number of rotatable bonds is 8. The summed E-state index contributed by atoms with van der Waals surface area (Å²) in [6, 6.07) is 23.4. The molecule has 0 heterocycles. The van der Waals surface area contributed by atoms with Crippen molar-refractivity contribution in [1.29, 1.82) is 0 Å². The van der Waals surface area contributed by atoms with Gasteiger partial charge in [-0.05, 0) is 53.9 Å². The van der Waals surface area contributed by atoms with Crippen LogP contribution in [-0.4, -0.2) is 32.5 Å². The Balaban J connectivity index is 1.40. The SMILES string of the molecule is O=[N+]([O-])c1cccc(C=Nc2ccc(Cc3ccc(N=Cc4cccc([N+](=O)[O-])c4O)cc3)cc2)c1O. The van der Waals surface area contributed by atoms with E-state index in [9.17, 15) is 30.4 Å². The van der Waals surface area contributed by atoms with Crippen molar-refractivity contribution in [1.82, 2.24) is 0 Å². The van der Waals surface area contributed by atoms with Gasteiger partial charge in [0.05, 0.1) is 21.2 Å². The van der Waals surface area contributed by atoms with Crippen LogP contribution >= 0.6 is 0 Å². The summed E-state index contributed by atoms with van der Waals surface area (Å²) in [5, 5.41) is 42.0. The van der Waals surface area contributed by atoms with E-state index in [1.54, 1.807) is 12.1 Å². The number of nitro benzene ring substituents is 2. The number of para-hydroxylation sites is 2. The van der Waals surface area contributed by atoms with Crippen LogP contribution < -0.4 is 0 Å². The summed E-state index contributed by atoms with van der Waals surface area (Å²) in [6.07, 6.45) is 3.42. The molecular formula is C27H20N4O6. The zero-order valence-electron chi connectivity index (χ0n) is 19.3. The maximum Gasteiger partial charge on any atom is 0.311 e. The summed E-state index contributed by atoms with van der Waals surface area (Å²) < 4.78 is 0. The lowest BCUT2D eigenvalue weighted by Crippen LogP contribution is -1.91. The number of nitrogens with zero attached hydrogens (tertiary/aromatic N) is 4. The molecule has 0 aromatic heterocycles. The van der Waals surface area contributed by atoms with Gasteiger partial charge in [-0.2, -0.15) is 0 Å². The summed E-state index contributed by atoms with van der Waals surface area (Å²) in [5.74, 6) is -0.856. The van der Waals surface area contributed by atoms with Gasteiger partial charge in [0.2, 0.25) is 11.5 Å². The highest BCUT2D eigenvalue weighted by Gasteiger charge is 2.16. The number of hydrogen-bond donors (Lipinski definition) is 2. The third-order valence-corrected chi connectivity index (χ3v) is 5.47. The second kappa shape index (κ2) is 10.9. The van der Waals surface area contributed by atoms with Gasteiger partial charge in [-0.15, -0.1) is 0 Å². The average Bonchev–Trinajstić information content (AvgIpc) is 2.89. The first kappa shape index (κ1) is 24.7. The monoisotopic (exact) mass is 496 g/mol. The Morgan fingerprint density at radius 1 is 0.622 bits per heavy atom. The van der Waals surface area contributed by atoms with Crippen LogP contribution in [-0.2, 0) is 6.42 Å². The number of aromatic hydroxyl groups is 2. The van der Waals surface area contributed by atoms with Gasteiger partial charge in [-0.1, -0.05) is 36.4 Å². The van der Waals surface area contributed by atoms with E-state index in [2.05, 4.69) is 9.98 Å². The molecule has 10 nitrogen and oxygen atoms in total. The number of phenolic OH excluding ortho intramolecular Hbond substituents is 2. The molecule has 4 aromatic carbocycles. The molecule has 0 saturated carbocycles. The number of aliphatic imine (C=N–C) groups is 2. The molecule has 37 heavy (non-hydrogen) atoms. The lowest BCUT2D eigenvalue weighted by atomic mass is 10.0. The molecule has 0 radical (unpaired) electrons. The zero-order valence-corrected chi connectivity index (χ0v) is 19.3. The maximum absolute atomic E-state index is 11.0. The lowest BCUT2D eigenvalue weighted by Gasteiger charge is -2.04. The molecule has 4 rings (SSSR count). The van der Waals surface area contributed by atoms with Crippen molar-refractivity contribution in [3.05, 3.63) is 127 Å². The Labute approximate surface area is 210 Å². The smallest absolute Gasteiger partial charge is 0.311 e. The number of nitro groups is 2. The highest BCUT2D eigenvalue weighted by Crippen LogP contribution is 2.29. The summed E-state index contributed by atoms with van der Waals surface area (Å²) in [7, 11) is 0. The van der Waals surface area contributed by atoms with Crippen LogP contribution in [0.4, 0.5) is 22.7 Å². The molecule has 0 amide bonds. The summed E-state index contributed by atoms with van der Waals surface area (Å²) in [4.78, 5) is 29.2. The standard InChI is InChI=1S/C27H20N4O6/c32-26-20(3-1-5-24(26)30(34)35)16-28-22-11-7-18(8-12-22)15-19-9-13-23(14-10-19)29-17-21-4-2-6-25(27(21)33)31(36)37/h1-14,16-17,32-33H,15H2. The third-order valence-electron chi connectivity index (χ3n) is 5.47. The fraction of sp³-hybridized carbons (Fsp3) is 0.0370. The van der Waals surface area contributed by atoms with E-state index in [-0.39, 0.29) is 22.5 Å². The molecule has 0 spiro atoms. The number of benzene rings is 4. The molecule has 184 valence electrons. The van der Waals surface area contributed by atoms with E-state index < -0.39 is 21.3 Å². The minimum Gasteiger partial charge on any atom is -0.502 e. The minimum atomic E-state index is -0.650. The van der Waals surface area contributed by atoms with Crippen molar-refractivity contribution in [3.63, 3.8) is 0 Å². The first-order valence-corrected chi connectivity index (χ1v) is 11.0. The predicted molar refractivity (Wildman–Crippen MR) is 140 cm³/mol. The average molecular weight is 496 g/mol. The van der Waals surface area contributed by atoms with Crippen LogP contribution in [0.5, 0.6) is 11.5 Å². The lowest BCUT2D eigenvalue weighted by molar-refractivity contribution is -0.386. The fourth-order valence-electron chi connectivity index (χ4n) is 3.52. The molecule has 0 fully saturated rings. The second-order valence-corrected chi connectivity index (χ2v) is 7.97. The topological polar surface area (TPSA) is 151 Å². The Hall–Kier alpha value is -5.38. The summed E-state index contributed by atoms with van der Waals surface area (Å²) in [6.45, 7) is 0. The molecule has 10 heteroatoms. The predicted octanol–water partition coefficient (Wildman–Crippen LogP) is 6.01. The summed E-state index contributed by atoms with van der Waals surface area (Å²) >= 11 is 0. The Bertz CT molecular complexity index is 1400. The number of hydrogen-bond acceptors (Lipinski definition) is 8. The van der Waals surface area contributed by atoms with Crippen molar-refractivity contribution in [2.75, 3.05) is 0 Å². The van der Waals surface area contributed by atoms with Gasteiger partial charge < -0.3 is 10.2 Å². The van der Waals surface area contributed by atoms with Gasteiger partial charge in [0.15, 0.2) is 0 Å². The molecule has 0 saturated heterocycles. The molecule has 2 N–H and O–H groups in total. The normalized spacial score (nSPS) is 11.2. The van der Waals surface area contributed by atoms with E-state index in [0.29, 0.717) is 17.8 Å². The molecular weight excluding hydrogens is 476 g/mol. The first-order chi connectivity index (χ1) is 17.8. The van der Waals surface area contributed by atoms with E-state index in [1.807, 2.05) is 48.5 Å². The molecule has 0 bridgehead atoms. The highest BCUT2D eigenvalue weighted by molar-refractivity contribution is 5.88. The fourth-order valence-corrected chi connectivity index (χ4v) is 3.52. The van der Waals surface area contributed by atoms with Crippen molar-refractivity contribution in [3.8, 4) is 11.5 Å². The zero-order chi connectivity index (χ0) is 26.4. The van der Waals surface area contributed by atoms with E-state index in [4.69, 9.17) is 0 Å². The van der Waals surface area contributed by atoms with E-state index in [1.165, 1.54) is 36.7 Å². The van der Waals surface area contributed by atoms with Gasteiger partial charge in [-0.3, -0.25) is 30.2 Å². The third kappa shape index (κ3) is 6.01. The number of phenols is 2. The van der Waals surface area contributed by atoms with Crippen LogP contribution in [0.2, 0.25) is 0 Å². The van der Waals surface area contributed by atoms with Crippen molar-refractivity contribution in [2.24, 2.45) is 9.98 Å². The first-order valence-electron chi connectivity index (χ1n) is 11.0. The Kier molecular flexibility index (Phi) is 7.29. The van der Waals surface area contributed by atoms with Gasteiger partial charge >= 0.3 is 11.4 Å². The minimum absolute atomic E-state index is 0.252. The van der Waals surface area contributed by atoms with Crippen molar-refractivity contribution >= 4 is 35.2 Å². The highest BCUT2D eigenvalue weighted by atomic mass is 16.6. The molecule has 0 aliphatic rings.